The molecule has 2 rings (SSSR count). The average Bonchev–Trinajstić information content (AvgIpc) is 2.31. The number of allylic oxidation sites excluding steroid dienone is 1. The van der Waals surface area contributed by atoms with Gasteiger partial charge >= 0.3 is 0 Å². The lowest BCUT2D eigenvalue weighted by molar-refractivity contribution is 0.606. The molecule has 2 aliphatic heterocycles. The molecule has 0 aromatic rings. The van der Waals surface area contributed by atoms with Gasteiger partial charge in [-0.15, -0.1) is 5.10 Å². The van der Waals surface area contributed by atoms with Crippen LogP contribution in [0.25, 0.3) is 0 Å². The Morgan fingerprint density at radius 3 is 2.91 bits per heavy atom. The summed E-state index contributed by atoms with van der Waals surface area (Å²) < 4.78 is 25.0. The largest absolute Gasteiger partial charge is 0.276 e. The quantitative estimate of drug-likeness (QED) is 0.500. The van der Waals surface area contributed by atoms with Gasteiger partial charge in [-0.25, -0.2) is 0 Å². The third-order valence-corrected chi connectivity index (χ3v) is 2.16. The minimum atomic E-state index is -3.40. The van der Waals surface area contributed by atoms with Crippen molar-refractivity contribution in [3.05, 3.63) is 11.5 Å². The molecule has 0 radical (unpaired) electrons. The Labute approximate surface area is 62.9 Å². The van der Waals surface area contributed by atoms with E-state index in [9.17, 15) is 8.42 Å². The van der Waals surface area contributed by atoms with Crippen molar-refractivity contribution in [2.24, 2.45) is 14.6 Å². The predicted octanol–water partition coefficient (Wildman–Crippen LogP) is -0.275. The van der Waals surface area contributed by atoms with Crippen molar-refractivity contribution in [2.45, 2.75) is 0 Å². The molecule has 6 heteroatoms. The maximum absolute atomic E-state index is 10.8. The molecule has 5 nitrogen and oxygen atoms in total. The van der Waals surface area contributed by atoms with Crippen molar-refractivity contribution in [3.8, 4) is 0 Å². The normalized spacial score (nSPS) is 24.4. The first-order valence-electron chi connectivity index (χ1n) is 2.82. The Morgan fingerprint density at radius 1 is 1.27 bits per heavy atom. The Kier molecular flexibility index (Phi) is 1.08. The van der Waals surface area contributed by atoms with Crippen LogP contribution in [0.4, 0.5) is 0 Å². The van der Waals surface area contributed by atoms with Crippen LogP contribution in [-0.2, 0) is 10.0 Å². The molecule has 0 atom stereocenters. The summed E-state index contributed by atoms with van der Waals surface area (Å²) in [5, 5.41) is 8.14. The zero-order valence-corrected chi connectivity index (χ0v) is 6.11. The lowest BCUT2D eigenvalue weighted by atomic mass is 10.2. The van der Waals surface area contributed by atoms with E-state index in [1.807, 2.05) is 0 Å². The van der Waals surface area contributed by atoms with Crippen LogP contribution < -0.4 is 0 Å². The van der Waals surface area contributed by atoms with Crippen LogP contribution in [0.3, 0.4) is 0 Å². The molecule has 56 valence electrons. The molecule has 0 fully saturated rings. The van der Waals surface area contributed by atoms with E-state index in [-0.39, 0.29) is 0 Å². The Bertz CT molecular complexity index is 413. The highest BCUT2D eigenvalue weighted by atomic mass is 32.2. The third kappa shape index (κ3) is 1.01. The van der Waals surface area contributed by atoms with Crippen molar-refractivity contribution in [1.82, 2.24) is 0 Å². The highest BCUT2D eigenvalue weighted by molar-refractivity contribution is 7.93. The van der Waals surface area contributed by atoms with Crippen LogP contribution in [0.5, 0.6) is 0 Å². The first-order valence-corrected chi connectivity index (χ1v) is 4.32. The molecule has 0 aliphatic carbocycles. The number of sulfonamides is 1. The molecule has 0 aromatic carbocycles. The number of hydrogen-bond donors (Lipinski definition) is 0. The fourth-order valence-corrected chi connectivity index (χ4v) is 1.55. The number of nitrogens with zero attached hydrogens (tertiary/aromatic N) is 3. The fraction of sp³-hybridized carbons (Fsp3) is 0. The van der Waals surface area contributed by atoms with Crippen LogP contribution in [-0.4, -0.2) is 26.1 Å². The van der Waals surface area contributed by atoms with E-state index >= 15 is 0 Å². The van der Waals surface area contributed by atoms with E-state index in [0.717, 1.165) is 5.41 Å². The Hall–Kier alpha value is -1.30. The first-order chi connectivity index (χ1) is 5.17. The highest BCUT2D eigenvalue weighted by Crippen LogP contribution is 2.07. The molecular weight excluding hydrogens is 166 g/mol. The van der Waals surface area contributed by atoms with Crippen LogP contribution in [0, 0.1) is 0 Å². The van der Waals surface area contributed by atoms with E-state index in [4.69, 9.17) is 0 Å². The molecule has 11 heavy (non-hydrogen) atoms. The standard InChI is InChI=1S/C5H3N3O2S/c9-11(10)2-1-4-5(8-11)3-6-7-4/h1-3H. The van der Waals surface area contributed by atoms with Crippen molar-refractivity contribution in [2.75, 3.05) is 0 Å². The van der Waals surface area contributed by atoms with Crippen LogP contribution in [0.2, 0.25) is 0 Å². The van der Waals surface area contributed by atoms with Crippen LogP contribution >= 0.6 is 0 Å². The lowest BCUT2D eigenvalue weighted by Gasteiger charge is -1.98. The van der Waals surface area contributed by atoms with Gasteiger partial charge in [0.2, 0.25) is 0 Å². The smallest absolute Gasteiger partial charge is 0.200 e. The Balaban J connectivity index is 2.62. The van der Waals surface area contributed by atoms with E-state index in [0.29, 0.717) is 11.4 Å². The maximum Gasteiger partial charge on any atom is 0.276 e. The van der Waals surface area contributed by atoms with Crippen molar-refractivity contribution in [1.29, 1.82) is 0 Å². The Morgan fingerprint density at radius 2 is 2.09 bits per heavy atom. The molecule has 0 aromatic heterocycles. The van der Waals surface area contributed by atoms with Gasteiger partial charge in [-0.05, 0) is 6.08 Å². The third-order valence-electron chi connectivity index (χ3n) is 1.23. The van der Waals surface area contributed by atoms with Gasteiger partial charge in [-0.1, -0.05) is 0 Å². The lowest BCUT2D eigenvalue weighted by Crippen LogP contribution is -2.15. The summed E-state index contributed by atoms with van der Waals surface area (Å²) in [6, 6.07) is 0. The van der Waals surface area contributed by atoms with E-state index in [2.05, 4.69) is 14.6 Å². The fourth-order valence-electron chi connectivity index (χ4n) is 0.770. The number of hydrogen-bond acceptors (Lipinski definition) is 4. The molecule has 2 aliphatic rings. The summed E-state index contributed by atoms with van der Waals surface area (Å²) in [5.74, 6) is 0. The molecular formula is C5H3N3O2S. The summed E-state index contributed by atoms with van der Waals surface area (Å²) >= 11 is 0. The second-order valence-electron chi connectivity index (χ2n) is 2.02. The molecule has 0 unspecified atom stereocenters. The zero-order valence-electron chi connectivity index (χ0n) is 5.30. The second-order valence-corrected chi connectivity index (χ2v) is 3.51. The number of rotatable bonds is 0. The van der Waals surface area contributed by atoms with E-state index in [1.165, 1.54) is 12.3 Å². The summed E-state index contributed by atoms with van der Waals surface area (Å²) in [7, 11) is -3.40. The monoisotopic (exact) mass is 169 g/mol. The molecule has 0 spiro atoms. The highest BCUT2D eigenvalue weighted by Gasteiger charge is 2.18. The summed E-state index contributed by atoms with van der Waals surface area (Å²) in [4.78, 5) is 0. The molecule has 0 saturated carbocycles. The first kappa shape index (κ1) is 6.41. The van der Waals surface area contributed by atoms with Gasteiger partial charge < -0.3 is 0 Å². The van der Waals surface area contributed by atoms with Gasteiger partial charge in [0.25, 0.3) is 10.0 Å². The summed E-state index contributed by atoms with van der Waals surface area (Å²) in [6.07, 6.45) is 2.70. The molecule has 0 N–H and O–H groups in total. The topological polar surface area (TPSA) is 71.2 Å². The van der Waals surface area contributed by atoms with Crippen molar-refractivity contribution >= 4 is 27.7 Å². The van der Waals surface area contributed by atoms with Crippen LogP contribution in [0.15, 0.2) is 26.1 Å². The van der Waals surface area contributed by atoms with E-state index in [1.54, 1.807) is 0 Å². The van der Waals surface area contributed by atoms with Crippen molar-refractivity contribution < 1.29 is 8.42 Å². The van der Waals surface area contributed by atoms with Gasteiger partial charge in [-0.2, -0.15) is 17.9 Å². The summed E-state index contributed by atoms with van der Waals surface area (Å²) in [6.45, 7) is 0. The zero-order chi connectivity index (χ0) is 7.90. The van der Waals surface area contributed by atoms with Gasteiger partial charge in [0.1, 0.15) is 11.4 Å². The van der Waals surface area contributed by atoms with E-state index < -0.39 is 10.0 Å². The second kappa shape index (κ2) is 1.85. The molecule has 2 heterocycles. The average molecular weight is 169 g/mol. The van der Waals surface area contributed by atoms with Gasteiger partial charge in [0, 0.05) is 0 Å². The summed E-state index contributed by atoms with van der Waals surface area (Å²) in [5.41, 5.74) is 0.812. The molecule has 0 amide bonds. The van der Waals surface area contributed by atoms with Gasteiger partial charge in [0.05, 0.1) is 11.6 Å². The molecule has 0 bridgehead atoms. The minimum absolute atomic E-state index is 0.313. The number of fused-ring (bicyclic) bond motifs is 1. The van der Waals surface area contributed by atoms with Gasteiger partial charge in [-0.3, -0.25) is 0 Å². The van der Waals surface area contributed by atoms with Gasteiger partial charge in [0.15, 0.2) is 0 Å². The van der Waals surface area contributed by atoms with Crippen molar-refractivity contribution in [3.63, 3.8) is 0 Å². The SMILES string of the molecule is O=S1(=O)C=CC2=NN=CC2=N1. The predicted molar refractivity (Wildman–Crippen MR) is 41.4 cm³/mol. The van der Waals surface area contributed by atoms with Crippen LogP contribution in [0.1, 0.15) is 0 Å². The minimum Gasteiger partial charge on any atom is -0.200 e. The maximum atomic E-state index is 10.8. The molecule has 0 saturated heterocycles.